The van der Waals surface area contributed by atoms with E-state index in [0.717, 1.165) is 11.1 Å². The lowest BCUT2D eigenvalue weighted by molar-refractivity contribution is -0.0907. The first kappa shape index (κ1) is 40.2. The van der Waals surface area contributed by atoms with E-state index in [-0.39, 0.29) is 49.0 Å². The van der Waals surface area contributed by atoms with E-state index in [9.17, 15) is 22.9 Å². The molecule has 0 aromatic heterocycles. The summed E-state index contributed by atoms with van der Waals surface area (Å²) in [5.74, 6) is 0.407. The smallest absolute Gasteiger partial charge is 0.407 e. The normalized spacial score (nSPS) is 21.5. The number of ether oxygens (including phenoxy) is 4. The zero-order valence-electron chi connectivity index (χ0n) is 29.5. The van der Waals surface area contributed by atoms with Crippen LogP contribution in [0.4, 0.5) is 4.79 Å². The Hall–Kier alpha value is -2.59. The predicted molar refractivity (Wildman–Crippen MR) is 187 cm³/mol. The Morgan fingerprint density at radius 3 is 2.40 bits per heavy atom. The number of aliphatic hydroxyl groups excluding tert-OH is 1. The van der Waals surface area contributed by atoms with Crippen LogP contribution in [0.1, 0.15) is 38.3 Å². The Morgan fingerprint density at radius 1 is 1.06 bits per heavy atom. The lowest BCUT2D eigenvalue weighted by Crippen LogP contribution is -2.51. The fourth-order valence-electron chi connectivity index (χ4n) is 5.97. The molecule has 0 bridgehead atoms. The van der Waals surface area contributed by atoms with Gasteiger partial charge in [-0.15, -0.1) is 0 Å². The number of sulfonamides is 1. The van der Waals surface area contributed by atoms with Crippen LogP contribution in [0, 0.1) is 11.8 Å². The number of hydrogen-bond donors (Lipinski definition) is 3. The van der Waals surface area contributed by atoms with Gasteiger partial charge in [0.1, 0.15) is 11.9 Å². The van der Waals surface area contributed by atoms with Gasteiger partial charge in [-0.1, -0.05) is 38.1 Å². The minimum Gasteiger partial charge on any atom is -0.497 e. The molecule has 2 aromatic carbocycles. The maximum Gasteiger partial charge on any atom is 0.407 e. The number of carbonyl (C=O) groups is 1. The van der Waals surface area contributed by atoms with Gasteiger partial charge in [0.25, 0.3) is 0 Å². The third-order valence-electron chi connectivity index (χ3n) is 8.64. The van der Waals surface area contributed by atoms with Gasteiger partial charge in [-0.2, -0.15) is 4.31 Å². The number of hydrogen-bond acceptors (Lipinski definition) is 12. The Labute approximate surface area is 295 Å². The van der Waals surface area contributed by atoms with E-state index in [1.807, 2.05) is 38.1 Å². The molecule has 280 valence electrons. The Balaban J connectivity index is 1.47. The summed E-state index contributed by atoms with van der Waals surface area (Å²) in [6.07, 6.45) is -1.77. The summed E-state index contributed by atoms with van der Waals surface area (Å²) in [5, 5.41) is 17.7. The summed E-state index contributed by atoms with van der Waals surface area (Å²) in [4.78, 5) is 13.3. The minimum atomic E-state index is -4.01. The van der Waals surface area contributed by atoms with Crippen LogP contribution in [0.2, 0.25) is 0 Å². The second-order valence-corrected chi connectivity index (χ2v) is 17.0. The minimum absolute atomic E-state index is 0.0442. The largest absolute Gasteiger partial charge is 0.497 e. The summed E-state index contributed by atoms with van der Waals surface area (Å²) in [5.41, 5.74) is 1.77. The molecular formula is C34H52N3O11PS. The molecule has 0 saturated carbocycles. The highest BCUT2D eigenvalue weighted by Crippen LogP contribution is 2.46. The van der Waals surface area contributed by atoms with Crippen LogP contribution in [0.15, 0.2) is 53.4 Å². The zero-order valence-corrected chi connectivity index (χ0v) is 31.2. The van der Waals surface area contributed by atoms with E-state index < -0.39 is 48.3 Å². The van der Waals surface area contributed by atoms with Gasteiger partial charge >= 0.3 is 13.7 Å². The average molecular weight is 742 g/mol. The highest BCUT2D eigenvalue weighted by atomic mass is 32.2. The number of nitrogens with zero attached hydrogens (tertiary/aromatic N) is 1. The Morgan fingerprint density at radius 2 is 1.76 bits per heavy atom. The van der Waals surface area contributed by atoms with E-state index in [1.165, 1.54) is 30.7 Å². The Kier molecular flexibility index (Phi) is 15.1. The number of rotatable bonds is 20. The molecule has 6 atom stereocenters. The molecule has 14 nitrogen and oxygen atoms in total. The molecule has 2 heterocycles. The third-order valence-corrected chi connectivity index (χ3v) is 12.5. The van der Waals surface area contributed by atoms with Crippen molar-refractivity contribution >= 4 is 23.7 Å². The lowest BCUT2D eigenvalue weighted by Gasteiger charge is -2.31. The molecule has 1 amide bonds. The highest BCUT2D eigenvalue weighted by molar-refractivity contribution is 7.89. The van der Waals surface area contributed by atoms with Crippen LogP contribution in [-0.2, 0) is 50.8 Å². The van der Waals surface area contributed by atoms with Gasteiger partial charge in [0.05, 0.1) is 56.1 Å². The number of aliphatic hydroxyl groups is 1. The van der Waals surface area contributed by atoms with Gasteiger partial charge in [-0.05, 0) is 61.1 Å². The predicted octanol–water partition coefficient (Wildman–Crippen LogP) is 3.77. The molecule has 16 heteroatoms. The maximum absolute atomic E-state index is 13.8. The monoisotopic (exact) mass is 741 g/mol. The SMILES string of the molecule is CCOP(=O)(CCNCc1ccc(C[C@H](NC(=O)O[C@H]2CO[C@H]3OCC[C@H]32)[C@H](O)CN(CC(C)C)S(=O)(=O)c2ccc(OC)cc2)cc1)OC. The van der Waals surface area contributed by atoms with E-state index >= 15 is 0 Å². The van der Waals surface area contributed by atoms with Gasteiger partial charge < -0.3 is 43.7 Å². The van der Waals surface area contributed by atoms with Crippen molar-refractivity contribution in [2.45, 2.75) is 69.6 Å². The fourth-order valence-corrected chi connectivity index (χ4v) is 8.83. The van der Waals surface area contributed by atoms with Gasteiger partial charge in [-0.3, -0.25) is 4.57 Å². The molecule has 50 heavy (non-hydrogen) atoms. The number of alkyl carbamates (subject to hydrolysis) is 1. The van der Waals surface area contributed by atoms with Crippen LogP contribution in [0.25, 0.3) is 0 Å². The van der Waals surface area contributed by atoms with E-state index in [0.29, 0.717) is 38.5 Å². The van der Waals surface area contributed by atoms with Crippen molar-refractivity contribution in [3.63, 3.8) is 0 Å². The van der Waals surface area contributed by atoms with Crippen molar-refractivity contribution in [1.29, 1.82) is 0 Å². The molecule has 2 aliphatic rings. The topological polar surface area (TPSA) is 171 Å². The van der Waals surface area contributed by atoms with Crippen LogP contribution in [0.5, 0.6) is 5.75 Å². The van der Waals surface area contributed by atoms with Crippen molar-refractivity contribution < 1.29 is 50.9 Å². The lowest BCUT2D eigenvalue weighted by atomic mass is 10.00. The molecule has 1 unspecified atom stereocenters. The zero-order chi connectivity index (χ0) is 36.3. The molecule has 2 fully saturated rings. The third kappa shape index (κ3) is 11.2. The summed E-state index contributed by atoms with van der Waals surface area (Å²) in [6, 6.07) is 12.8. The fraction of sp³-hybridized carbons (Fsp3) is 0.618. The molecule has 0 radical (unpaired) electrons. The molecule has 2 aromatic rings. The van der Waals surface area contributed by atoms with Crippen LogP contribution < -0.4 is 15.4 Å². The average Bonchev–Trinajstić information content (AvgIpc) is 3.72. The second kappa shape index (κ2) is 18.8. The van der Waals surface area contributed by atoms with Crippen LogP contribution >= 0.6 is 7.60 Å². The number of methoxy groups -OCH3 is 1. The van der Waals surface area contributed by atoms with E-state index in [2.05, 4.69) is 10.6 Å². The number of fused-ring (bicyclic) bond motifs is 1. The van der Waals surface area contributed by atoms with Gasteiger partial charge in [-0.25, -0.2) is 13.2 Å². The van der Waals surface area contributed by atoms with Crippen LogP contribution in [0.3, 0.4) is 0 Å². The number of amides is 1. The molecule has 2 saturated heterocycles. The number of carbonyl (C=O) groups excluding carboxylic acids is 1. The van der Waals surface area contributed by atoms with Crippen molar-refractivity contribution in [2.24, 2.45) is 11.8 Å². The summed E-state index contributed by atoms with van der Waals surface area (Å²) < 4.78 is 73.7. The molecule has 0 aliphatic carbocycles. The first-order chi connectivity index (χ1) is 23.9. The molecule has 0 spiro atoms. The van der Waals surface area contributed by atoms with Gasteiger partial charge in [0.2, 0.25) is 10.0 Å². The second-order valence-electron chi connectivity index (χ2n) is 12.8. The molecule has 3 N–H and O–H groups in total. The summed E-state index contributed by atoms with van der Waals surface area (Å²) >= 11 is 0. The Bertz CT molecular complexity index is 1510. The first-order valence-corrected chi connectivity index (χ1v) is 20.1. The van der Waals surface area contributed by atoms with Crippen molar-refractivity contribution in [1.82, 2.24) is 14.9 Å². The summed E-state index contributed by atoms with van der Waals surface area (Å²) in [6.45, 7) is 7.41. The number of benzene rings is 2. The van der Waals surface area contributed by atoms with Crippen molar-refractivity contribution in [2.75, 3.05) is 59.8 Å². The van der Waals surface area contributed by atoms with Gasteiger partial charge in [0.15, 0.2) is 6.29 Å². The van der Waals surface area contributed by atoms with E-state index in [4.69, 9.17) is 28.0 Å². The summed E-state index contributed by atoms with van der Waals surface area (Å²) in [7, 11) is -4.26. The standard InChI is InChI=1S/C34H52N3O11PS/c1-6-47-49(40,44-5)18-16-35-20-26-9-7-25(8-10-26)19-30(36-34(39)48-32-23-46-33-29(32)15-17-45-33)31(38)22-37(21-24(2)3)50(41,42)28-13-11-27(43-4)12-14-28/h7-14,24,29-33,35,38H,6,15-23H2,1-5H3,(H,36,39)/t29-,30-,31+,32-,33+,49?/m0/s1. The first-order valence-electron chi connectivity index (χ1n) is 17.0. The van der Waals surface area contributed by atoms with E-state index in [1.54, 1.807) is 19.1 Å². The van der Waals surface area contributed by atoms with Crippen molar-refractivity contribution in [3.8, 4) is 5.75 Å². The number of nitrogens with one attached hydrogen (secondary N) is 2. The van der Waals surface area contributed by atoms with Gasteiger partial charge in [0, 0.05) is 33.3 Å². The quantitative estimate of drug-likeness (QED) is 0.133. The maximum atomic E-state index is 13.8. The molecular weight excluding hydrogens is 689 g/mol. The van der Waals surface area contributed by atoms with Crippen molar-refractivity contribution in [3.05, 3.63) is 59.7 Å². The van der Waals surface area contributed by atoms with Crippen LogP contribution in [-0.4, -0.2) is 108 Å². The molecule has 2 aliphatic heterocycles. The molecule has 4 rings (SSSR count). The highest BCUT2D eigenvalue weighted by Gasteiger charge is 2.44.